The average Bonchev–Trinajstić information content (AvgIpc) is 4.25. The van der Waals surface area contributed by atoms with E-state index in [1.807, 2.05) is 12.1 Å². The van der Waals surface area contributed by atoms with E-state index in [1.54, 1.807) is 0 Å². The molecule has 11 aromatic carbocycles. The van der Waals surface area contributed by atoms with Gasteiger partial charge >= 0.3 is 0 Å². The van der Waals surface area contributed by atoms with Gasteiger partial charge in [0.25, 0.3) is 0 Å². The largest absolute Gasteiger partial charge is 0.309 e. The van der Waals surface area contributed by atoms with E-state index in [0.717, 1.165) is 99.6 Å². The summed E-state index contributed by atoms with van der Waals surface area (Å²) in [4.78, 5) is 16.4. The Morgan fingerprint density at radius 1 is 0.213 bits per heavy atom. The Bertz CT molecular complexity index is 4490. The highest BCUT2D eigenvalue weighted by atomic mass is 15.2. The molecule has 0 unspecified atom stereocenters. The second-order valence-corrected chi connectivity index (χ2v) is 19.2. The molecule has 0 radical (unpaired) electrons. The van der Waals surface area contributed by atoms with Gasteiger partial charge in [-0.05, 0) is 81.9 Å². The van der Waals surface area contributed by atoms with Gasteiger partial charge in [-0.2, -0.15) is 9.97 Å². The second kappa shape index (κ2) is 17.3. The first-order valence-corrected chi connectivity index (χ1v) is 25.4. The molecule has 15 rings (SSSR count). The maximum absolute atomic E-state index is 5.53. The molecule has 0 saturated carbocycles. The first kappa shape index (κ1) is 42.5. The molecule has 4 aromatic heterocycles. The van der Waals surface area contributed by atoms with Gasteiger partial charge in [-0.1, -0.05) is 218 Å². The van der Waals surface area contributed by atoms with Gasteiger partial charge in [-0.15, -0.1) is 0 Å². The van der Waals surface area contributed by atoms with E-state index in [9.17, 15) is 0 Å². The molecule has 0 N–H and O–H groups in total. The van der Waals surface area contributed by atoms with Crippen LogP contribution in [0.3, 0.4) is 0 Å². The molecule has 4 heterocycles. The average molecular weight is 957 g/mol. The number of para-hydroxylation sites is 3. The number of hydrogen-bond donors (Lipinski definition) is 0. The lowest BCUT2D eigenvalue weighted by molar-refractivity contribution is 0.953. The van der Waals surface area contributed by atoms with Crippen LogP contribution in [0.4, 0.5) is 0 Å². The van der Waals surface area contributed by atoms with E-state index < -0.39 is 0 Å². The smallest absolute Gasteiger partial charge is 0.238 e. The van der Waals surface area contributed by atoms with Crippen LogP contribution in [0.5, 0.6) is 0 Å². The Labute approximate surface area is 432 Å². The summed E-state index contributed by atoms with van der Waals surface area (Å²) in [5.41, 5.74) is 17.3. The molecule has 6 nitrogen and oxygen atoms in total. The van der Waals surface area contributed by atoms with E-state index in [-0.39, 0.29) is 0 Å². The predicted molar refractivity (Wildman–Crippen MR) is 310 cm³/mol. The quantitative estimate of drug-likeness (QED) is 0.152. The van der Waals surface area contributed by atoms with Crippen LogP contribution < -0.4 is 0 Å². The summed E-state index contributed by atoms with van der Waals surface area (Å²) < 4.78 is 7.12. The highest BCUT2D eigenvalue weighted by Gasteiger charge is 2.25. The van der Waals surface area contributed by atoms with Crippen molar-refractivity contribution in [1.82, 2.24) is 28.7 Å². The zero-order valence-corrected chi connectivity index (χ0v) is 40.6. The molecule has 6 heteroatoms. The molecular formula is C69H44N6. The summed E-state index contributed by atoms with van der Waals surface area (Å²) in [6.07, 6.45) is 0. The Kier molecular flexibility index (Phi) is 9.78. The Balaban J connectivity index is 1.03. The maximum Gasteiger partial charge on any atom is 0.238 e. The molecule has 0 aliphatic heterocycles. The van der Waals surface area contributed by atoms with E-state index in [2.05, 4.69) is 268 Å². The summed E-state index contributed by atoms with van der Waals surface area (Å²) in [7, 11) is 0. The molecule has 0 atom stereocenters. The monoisotopic (exact) mass is 956 g/mol. The first-order valence-electron chi connectivity index (χ1n) is 25.4. The Morgan fingerprint density at radius 2 is 0.560 bits per heavy atom. The van der Waals surface area contributed by atoms with Crippen LogP contribution in [0, 0.1) is 0 Å². The lowest BCUT2D eigenvalue weighted by Gasteiger charge is -2.14. The summed E-state index contributed by atoms with van der Waals surface area (Å²) >= 11 is 0. The van der Waals surface area contributed by atoms with Crippen molar-refractivity contribution in [2.24, 2.45) is 0 Å². The normalized spacial score (nSPS) is 11.7. The zero-order valence-electron chi connectivity index (χ0n) is 40.6. The highest BCUT2D eigenvalue weighted by Crippen LogP contribution is 2.43. The second-order valence-electron chi connectivity index (χ2n) is 19.2. The van der Waals surface area contributed by atoms with Crippen molar-refractivity contribution in [3.63, 3.8) is 0 Å². The van der Waals surface area contributed by atoms with Gasteiger partial charge in [0.2, 0.25) is 5.95 Å². The molecule has 15 aromatic rings. The number of nitrogens with zero attached hydrogens (tertiary/aromatic N) is 6. The fourth-order valence-electron chi connectivity index (χ4n) is 11.4. The number of hydrogen-bond acceptors (Lipinski definition) is 3. The molecule has 350 valence electrons. The van der Waals surface area contributed by atoms with Crippen LogP contribution in [0.15, 0.2) is 267 Å². The number of benzene rings is 11. The standard InChI is InChI=1S/C69H44N6/c1-4-16-45(17-5-1)48-28-32-51(33-29-48)67-70-68(52-34-30-49(31-35-52)46-18-6-2-7-19-46)72-69(71-67)75-64-43-40-54(73-61-25-13-10-22-55(61)56-23-11-14-26-62(56)73)44-60(64)59-42-41-58-57-24-12-15-27-63(57)74(65(58)66(59)75)53-38-36-50(37-39-53)47-20-8-3-9-21-47/h1-44H. The Morgan fingerprint density at radius 3 is 1.05 bits per heavy atom. The number of aromatic nitrogens is 6. The lowest BCUT2D eigenvalue weighted by Crippen LogP contribution is -2.07. The first-order chi connectivity index (χ1) is 37.2. The minimum absolute atomic E-state index is 0.530. The molecule has 0 fully saturated rings. The summed E-state index contributed by atoms with van der Waals surface area (Å²) in [6, 6.07) is 95.2. The summed E-state index contributed by atoms with van der Waals surface area (Å²) in [6.45, 7) is 0. The third kappa shape index (κ3) is 6.99. The summed E-state index contributed by atoms with van der Waals surface area (Å²) in [5, 5.41) is 6.93. The van der Waals surface area contributed by atoms with Crippen molar-refractivity contribution in [3.05, 3.63) is 267 Å². The lowest BCUT2D eigenvalue weighted by atomic mass is 10.0. The molecular weight excluding hydrogens is 913 g/mol. The van der Waals surface area contributed by atoms with E-state index >= 15 is 0 Å². The van der Waals surface area contributed by atoms with Crippen molar-refractivity contribution >= 4 is 65.4 Å². The topological polar surface area (TPSA) is 53.5 Å². The van der Waals surface area contributed by atoms with Crippen molar-refractivity contribution < 1.29 is 0 Å². The van der Waals surface area contributed by atoms with Crippen molar-refractivity contribution in [1.29, 1.82) is 0 Å². The van der Waals surface area contributed by atoms with Crippen LogP contribution in [0.25, 0.3) is 139 Å². The van der Waals surface area contributed by atoms with Gasteiger partial charge in [0, 0.05) is 54.8 Å². The third-order valence-corrected chi connectivity index (χ3v) is 14.9. The van der Waals surface area contributed by atoms with Crippen molar-refractivity contribution in [2.75, 3.05) is 0 Å². The molecule has 0 saturated heterocycles. The fourth-order valence-corrected chi connectivity index (χ4v) is 11.4. The van der Waals surface area contributed by atoms with Gasteiger partial charge in [-0.3, -0.25) is 4.57 Å². The van der Waals surface area contributed by atoms with E-state index in [0.29, 0.717) is 17.6 Å². The molecule has 0 aliphatic carbocycles. The van der Waals surface area contributed by atoms with Crippen molar-refractivity contribution in [3.8, 4) is 73.5 Å². The molecule has 0 amide bonds. The molecule has 0 aliphatic rings. The minimum Gasteiger partial charge on any atom is -0.309 e. The van der Waals surface area contributed by atoms with Gasteiger partial charge in [0.1, 0.15) is 0 Å². The SMILES string of the molecule is c1ccc(-c2ccc(-c3nc(-c4ccc(-c5ccccc5)cc4)nc(-n4c5ccc(-n6c7ccccc7c7ccccc76)cc5c5ccc6c7ccccc7n(-c7ccc(-c8ccccc8)cc7)c6c54)n3)cc2)cc1. The molecule has 0 bridgehead atoms. The number of rotatable bonds is 8. The fraction of sp³-hybridized carbons (Fsp3) is 0. The van der Waals surface area contributed by atoms with Crippen LogP contribution in [-0.2, 0) is 0 Å². The number of fused-ring (bicyclic) bond motifs is 10. The van der Waals surface area contributed by atoms with Crippen molar-refractivity contribution in [2.45, 2.75) is 0 Å². The minimum atomic E-state index is 0.530. The Hall–Kier alpha value is -10.2. The van der Waals surface area contributed by atoms with E-state index in [4.69, 9.17) is 15.0 Å². The predicted octanol–water partition coefficient (Wildman–Crippen LogP) is 17.5. The van der Waals surface area contributed by atoms with Gasteiger partial charge in [-0.25, -0.2) is 4.98 Å². The van der Waals surface area contributed by atoms with E-state index in [1.165, 1.54) is 21.7 Å². The summed E-state index contributed by atoms with van der Waals surface area (Å²) in [5.74, 6) is 1.70. The highest BCUT2D eigenvalue weighted by molar-refractivity contribution is 6.24. The van der Waals surface area contributed by atoms with Gasteiger partial charge < -0.3 is 9.13 Å². The molecule has 75 heavy (non-hydrogen) atoms. The van der Waals surface area contributed by atoms with Gasteiger partial charge in [0.15, 0.2) is 11.6 Å². The molecule has 0 spiro atoms. The maximum atomic E-state index is 5.53. The van der Waals surface area contributed by atoms with Crippen LogP contribution in [-0.4, -0.2) is 28.7 Å². The van der Waals surface area contributed by atoms with Gasteiger partial charge in [0.05, 0.1) is 33.1 Å². The van der Waals surface area contributed by atoms with Crippen LogP contribution in [0.2, 0.25) is 0 Å². The third-order valence-electron chi connectivity index (χ3n) is 14.9. The van der Waals surface area contributed by atoms with Crippen LogP contribution in [0.1, 0.15) is 0 Å². The zero-order chi connectivity index (χ0) is 49.4. The van der Waals surface area contributed by atoms with Crippen LogP contribution >= 0.6 is 0 Å².